The van der Waals surface area contributed by atoms with Gasteiger partial charge < -0.3 is 14.6 Å². The van der Waals surface area contributed by atoms with Gasteiger partial charge >= 0.3 is 0 Å². The van der Waals surface area contributed by atoms with Gasteiger partial charge in [-0.05, 0) is 55.2 Å². The molecule has 1 atom stereocenters. The molecular weight excluding hydrogens is 350 g/mol. The Kier molecular flexibility index (Phi) is 5.33. The van der Waals surface area contributed by atoms with Crippen LogP contribution in [0.4, 0.5) is 0 Å². The van der Waals surface area contributed by atoms with E-state index in [1.807, 2.05) is 53.4 Å². The summed E-state index contributed by atoms with van der Waals surface area (Å²) in [5, 5.41) is 0. The van der Waals surface area contributed by atoms with Crippen LogP contribution in [-0.4, -0.2) is 40.5 Å². The molecule has 4 rings (SSSR count). The number of hydrogen-bond acceptors (Lipinski definition) is 3. The second-order valence-corrected chi connectivity index (χ2v) is 7.96. The molecule has 1 amide bonds. The molecule has 1 aliphatic heterocycles. The van der Waals surface area contributed by atoms with Crippen LogP contribution in [0.2, 0.25) is 0 Å². The number of nitrogens with zero attached hydrogens (tertiary/aromatic N) is 2. The molecule has 2 aromatic carbocycles. The Labute approximate surface area is 165 Å². The van der Waals surface area contributed by atoms with E-state index in [1.54, 1.807) is 0 Å². The molecular formula is C23H27N3O2. The van der Waals surface area contributed by atoms with Gasteiger partial charge in [0.05, 0.1) is 17.6 Å². The summed E-state index contributed by atoms with van der Waals surface area (Å²) in [6.45, 7) is 6.41. The van der Waals surface area contributed by atoms with E-state index in [2.05, 4.69) is 18.8 Å². The van der Waals surface area contributed by atoms with Gasteiger partial charge in [-0.15, -0.1) is 0 Å². The summed E-state index contributed by atoms with van der Waals surface area (Å²) < 4.78 is 5.71. The molecule has 1 aromatic heterocycles. The average Bonchev–Trinajstić information content (AvgIpc) is 3.16. The number of aromatic nitrogens is 2. The Hall–Kier alpha value is -2.82. The number of piperidine rings is 1. The van der Waals surface area contributed by atoms with Crippen molar-refractivity contribution in [2.45, 2.75) is 32.6 Å². The third-order valence-electron chi connectivity index (χ3n) is 5.19. The fourth-order valence-corrected chi connectivity index (χ4v) is 3.69. The number of hydrogen-bond donors (Lipinski definition) is 1. The van der Waals surface area contributed by atoms with Crippen molar-refractivity contribution in [3.63, 3.8) is 0 Å². The third-order valence-corrected chi connectivity index (χ3v) is 5.19. The Morgan fingerprint density at radius 1 is 1.21 bits per heavy atom. The first-order valence-electron chi connectivity index (χ1n) is 10.1. The number of carbonyl (C=O) groups excluding carboxylic acids is 1. The lowest BCUT2D eigenvalue weighted by Gasteiger charge is -2.32. The molecule has 28 heavy (non-hydrogen) atoms. The molecule has 2 heterocycles. The molecule has 5 heteroatoms. The maximum absolute atomic E-state index is 13.0. The van der Waals surface area contributed by atoms with Crippen molar-refractivity contribution in [3.8, 4) is 5.75 Å². The van der Waals surface area contributed by atoms with Crippen LogP contribution in [-0.2, 0) is 0 Å². The van der Waals surface area contributed by atoms with Crippen LogP contribution in [0.5, 0.6) is 5.75 Å². The topological polar surface area (TPSA) is 58.2 Å². The van der Waals surface area contributed by atoms with Gasteiger partial charge in [0.15, 0.2) is 0 Å². The first kappa shape index (κ1) is 18.5. The van der Waals surface area contributed by atoms with Gasteiger partial charge in [0, 0.05) is 24.6 Å². The van der Waals surface area contributed by atoms with Crippen molar-refractivity contribution in [3.05, 3.63) is 59.9 Å². The normalized spacial score (nSPS) is 17.2. The van der Waals surface area contributed by atoms with Gasteiger partial charge in [-0.3, -0.25) is 4.79 Å². The zero-order valence-corrected chi connectivity index (χ0v) is 16.5. The van der Waals surface area contributed by atoms with Crippen molar-refractivity contribution >= 4 is 16.9 Å². The second kappa shape index (κ2) is 8.05. The number of benzene rings is 2. The molecule has 0 spiro atoms. The molecule has 5 nitrogen and oxygen atoms in total. The number of fused-ring (bicyclic) bond motifs is 1. The predicted molar refractivity (Wildman–Crippen MR) is 111 cm³/mol. The molecule has 1 aliphatic rings. The minimum absolute atomic E-state index is 0.0798. The maximum Gasteiger partial charge on any atom is 0.253 e. The fraction of sp³-hybridized carbons (Fsp3) is 0.391. The molecule has 1 saturated heterocycles. The molecule has 1 unspecified atom stereocenters. The van der Waals surface area contributed by atoms with Crippen molar-refractivity contribution in [2.75, 3.05) is 19.7 Å². The first-order valence-corrected chi connectivity index (χ1v) is 10.1. The SMILES string of the molecule is CC(C)COc1ccc(C(=O)N2CCCC(c3nc4ccccc4[nH]3)C2)cc1. The van der Waals surface area contributed by atoms with Crippen LogP contribution in [0, 0.1) is 5.92 Å². The largest absolute Gasteiger partial charge is 0.493 e. The quantitative estimate of drug-likeness (QED) is 0.706. The van der Waals surface area contributed by atoms with Gasteiger partial charge in [-0.25, -0.2) is 4.98 Å². The summed E-state index contributed by atoms with van der Waals surface area (Å²) in [5.41, 5.74) is 2.75. The Morgan fingerprint density at radius 3 is 2.75 bits per heavy atom. The molecule has 0 bridgehead atoms. The van der Waals surface area contributed by atoms with Crippen molar-refractivity contribution in [2.24, 2.45) is 5.92 Å². The highest BCUT2D eigenvalue weighted by molar-refractivity contribution is 5.94. The number of likely N-dealkylation sites (tertiary alicyclic amines) is 1. The highest BCUT2D eigenvalue weighted by atomic mass is 16.5. The fourth-order valence-electron chi connectivity index (χ4n) is 3.69. The number of ether oxygens (including phenoxy) is 1. The summed E-state index contributed by atoms with van der Waals surface area (Å²) in [4.78, 5) is 23.1. The molecule has 3 aromatic rings. The number of H-pyrrole nitrogens is 1. The highest BCUT2D eigenvalue weighted by Crippen LogP contribution is 2.28. The van der Waals surface area contributed by atoms with E-state index in [-0.39, 0.29) is 11.8 Å². The number of para-hydroxylation sites is 2. The molecule has 146 valence electrons. The molecule has 0 saturated carbocycles. The lowest BCUT2D eigenvalue weighted by Crippen LogP contribution is -2.39. The van der Waals surface area contributed by atoms with E-state index in [0.717, 1.165) is 42.0 Å². The van der Waals surface area contributed by atoms with Crippen LogP contribution >= 0.6 is 0 Å². The summed E-state index contributed by atoms with van der Waals surface area (Å²) in [5.74, 6) is 2.60. The van der Waals surface area contributed by atoms with Crippen molar-refractivity contribution in [1.29, 1.82) is 0 Å². The monoisotopic (exact) mass is 377 g/mol. The van der Waals surface area contributed by atoms with Crippen molar-refractivity contribution < 1.29 is 9.53 Å². The third kappa shape index (κ3) is 4.03. The molecule has 0 radical (unpaired) electrons. The zero-order valence-electron chi connectivity index (χ0n) is 16.5. The van der Waals surface area contributed by atoms with E-state index in [9.17, 15) is 4.79 Å². The molecule has 1 N–H and O–H groups in total. The van der Waals surface area contributed by atoms with Gasteiger partial charge in [0.25, 0.3) is 5.91 Å². The Morgan fingerprint density at radius 2 is 2.00 bits per heavy atom. The predicted octanol–water partition coefficient (Wildman–Crippen LogP) is 4.62. The van der Waals surface area contributed by atoms with Gasteiger partial charge in [0.1, 0.15) is 11.6 Å². The van der Waals surface area contributed by atoms with Crippen LogP contribution in [0.3, 0.4) is 0 Å². The van der Waals surface area contributed by atoms with E-state index in [0.29, 0.717) is 24.6 Å². The summed E-state index contributed by atoms with van der Waals surface area (Å²) in [6.07, 6.45) is 2.04. The van der Waals surface area contributed by atoms with E-state index >= 15 is 0 Å². The second-order valence-electron chi connectivity index (χ2n) is 7.96. The van der Waals surface area contributed by atoms with Gasteiger partial charge in [-0.2, -0.15) is 0 Å². The lowest BCUT2D eigenvalue weighted by molar-refractivity contribution is 0.0705. The number of amides is 1. The summed E-state index contributed by atoms with van der Waals surface area (Å²) in [7, 11) is 0. The van der Waals surface area contributed by atoms with E-state index in [1.165, 1.54) is 0 Å². The van der Waals surface area contributed by atoms with Crippen molar-refractivity contribution in [1.82, 2.24) is 14.9 Å². The lowest BCUT2D eigenvalue weighted by atomic mass is 9.96. The Balaban J connectivity index is 1.44. The van der Waals surface area contributed by atoms with Crippen LogP contribution in [0.15, 0.2) is 48.5 Å². The number of carbonyl (C=O) groups is 1. The zero-order chi connectivity index (χ0) is 19.5. The number of imidazole rings is 1. The smallest absolute Gasteiger partial charge is 0.253 e. The van der Waals surface area contributed by atoms with E-state index < -0.39 is 0 Å². The molecule has 1 fully saturated rings. The number of rotatable bonds is 5. The van der Waals surface area contributed by atoms with Gasteiger partial charge in [0.2, 0.25) is 0 Å². The van der Waals surface area contributed by atoms with Crippen LogP contribution in [0.1, 0.15) is 48.8 Å². The van der Waals surface area contributed by atoms with Crippen LogP contribution < -0.4 is 4.74 Å². The Bertz CT molecular complexity index is 913. The highest BCUT2D eigenvalue weighted by Gasteiger charge is 2.27. The number of aromatic amines is 1. The maximum atomic E-state index is 13.0. The standard InChI is InChI=1S/C23H27N3O2/c1-16(2)15-28-19-11-9-17(10-12-19)23(27)26-13-5-6-18(14-26)22-24-20-7-3-4-8-21(20)25-22/h3-4,7-12,16,18H,5-6,13-15H2,1-2H3,(H,24,25). The first-order chi connectivity index (χ1) is 13.6. The minimum Gasteiger partial charge on any atom is -0.493 e. The molecule has 0 aliphatic carbocycles. The van der Waals surface area contributed by atoms with Gasteiger partial charge in [-0.1, -0.05) is 26.0 Å². The van der Waals surface area contributed by atoms with Crippen LogP contribution in [0.25, 0.3) is 11.0 Å². The van der Waals surface area contributed by atoms with E-state index in [4.69, 9.17) is 9.72 Å². The average molecular weight is 377 g/mol. The number of nitrogens with one attached hydrogen (secondary N) is 1. The summed E-state index contributed by atoms with van der Waals surface area (Å²) in [6, 6.07) is 15.6. The minimum atomic E-state index is 0.0798. The summed E-state index contributed by atoms with van der Waals surface area (Å²) >= 11 is 0.